The highest BCUT2D eigenvalue weighted by molar-refractivity contribution is 7.89. The van der Waals surface area contributed by atoms with Crippen molar-refractivity contribution in [2.24, 2.45) is 5.92 Å². The van der Waals surface area contributed by atoms with Crippen molar-refractivity contribution in [3.05, 3.63) is 54.1 Å². The van der Waals surface area contributed by atoms with E-state index in [0.717, 1.165) is 12.0 Å². The molecule has 1 atom stereocenters. The maximum Gasteiger partial charge on any atom is 0.243 e. The summed E-state index contributed by atoms with van der Waals surface area (Å²) >= 11 is 0. The molecule has 0 aliphatic carbocycles. The Bertz CT molecular complexity index is 1070. The minimum atomic E-state index is -3.66. The van der Waals surface area contributed by atoms with E-state index >= 15 is 0 Å². The summed E-state index contributed by atoms with van der Waals surface area (Å²) in [6, 6.07) is 14.9. The SMILES string of the molecule is CC[C@@H](C)N(Cc1ccccc1)C(=O)C1CCN(S(=O)(=O)c2ccc3c(c2)OCCO3)CC1. The highest BCUT2D eigenvalue weighted by Gasteiger charge is 2.35. The molecule has 1 fully saturated rings. The molecule has 0 N–H and O–H groups in total. The van der Waals surface area contributed by atoms with Gasteiger partial charge in [-0.25, -0.2) is 8.42 Å². The van der Waals surface area contributed by atoms with Crippen LogP contribution >= 0.6 is 0 Å². The number of hydrogen-bond acceptors (Lipinski definition) is 5. The molecule has 0 saturated carbocycles. The Morgan fingerprint density at radius 2 is 1.73 bits per heavy atom. The second kappa shape index (κ2) is 10.1. The van der Waals surface area contributed by atoms with E-state index in [1.54, 1.807) is 12.1 Å². The second-order valence-electron chi connectivity index (χ2n) is 8.69. The Morgan fingerprint density at radius 1 is 1.06 bits per heavy atom. The molecule has 0 aromatic heterocycles. The third-order valence-corrected chi connectivity index (χ3v) is 8.45. The molecule has 0 spiro atoms. The van der Waals surface area contributed by atoms with Crippen LogP contribution in [-0.4, -0.2) is 55.9 Å². The number of rotatable bonds is 7. The van der Waals surface area contributed by atoms with Crippen LogP contribution in [0.1, 0.15) is 38.7 Å². The lowest BCUT2D eigenvalue weighted by atomic mass is 9.95. The van der Waals surface area contributed by atoms with Crippen LogP contribution < -0.4 is 9.47 Å². The van der Waals surface area contributed by atoms with Crippen LogP contribution in [0.15, 0.2) is 53.4 Å². The summed E-state index contributed by atoms with van der Waals surface area (Å²) in [5.74, 6) is 0.963. The first kappa shape index (κ1) is 23.6. The zero-order valence-corrected chi connectivity index (χ0v) is 20.1. The van der Waals surface area contributed by atoms with Crippen LogP contribution in [0.4, 0.5) is 0 Å². The summed E-state index contributed by atoms with van der Waals surface area (Å²) < 4.78 is 38.9. The first-order valence-corrected chi connectivity index (χ1v) is 13.1. The molecule has 8 heteroatoms. The molecule has 2 aliphatic heterocycles. The van der Waals surface area contributed by atoms with Gasteiger partial charge in [-0.15, -0.1) is 0 Å². The number of fused-ring (bicyclic) bond motifs is 1. The van der Waals surface area contributed by atoms with Gasteiger partial charge < -0.3 is 14.4 Å². The van der Waals surface area contributed by atoms with Gasteiger partial charge in [0.25, 0.3) is 0 Å². The van der Waals surface area contributed by atoms with Gasteiger partial charge in [0.2, 0.25) is 15.9 Å². The number of nitrogens with zero attached hydrogens (tertiary/aromatic N) is 2. The monoisotopic (exact) mass is 472 g/mol. The first-order valence-electron chi connectivity index (χ1n) is 11.6. The molecule has 33 heavy (non-hydrogen) atoms. The van der Waals surface area contributed by atoms with Gasteiger partial charge in [0, 0.05) is 37.7 Å². The highest BCUT2D eigenvalue weighted by Crippen LogP contribution is 2.34. The Labute approximate surface area is 196 Å². The predicted molar refractivity (Wildman–Crippen MR) is 126 cm³/mol. The van der Waals surface area contributed by atoms with Crippen molar-refractivity contribution in [1.82, 2.24) is 9.21 Å². The maximum absolute atomic E-state index is 13.4. The van der Waals surface area contributed by atoms with Gasteiger partial charge in [-0.1, -0.05) is 37.3 Å². The van der Waals surface area contributed by atoms with Gasteiger partial charge in [-0.3, -0.25) is 4.79 Å². The van der Waals surface area contributed by atoms with E-state index in [1.165, 1.54) is 10.4 Å². The maximum atomic E-state index is 13.4. The van der Waals surface area contributed by atoms with Crippen LogP contribution in [0, 0.1) is 5.92 Å². The number of hydrogen-bond donors (Lipinski definition) is 0. The number of amides is 1. The molecule has 2 aromatic rings. The van der Waals surface area contributed by atoms with Crippen molar-refractivity contribution in [1.29, 1.82) is 0 Å². The number of piperidine rings is 1. The fraction of sp³-hybridized carbons (Fsp3) is 0.480. The molecule has 0 unspecified atom stereocenters. The van der Waals surface area contributed by atoms with E-state index < -0.39 is 10.0 Å². The van der Waals surface area contributed by atoms with E-state index in [4.69, 9.17) is 9.47 Å². The largest absolute Gasteiger partial charge is 0.486 e. The molecule has 0 radical (unpaired) electrons. The predicted octanol–water partition coefficient (Wildman–Crippen LogP) is 3.69. The van der Waals surface area contributed by atoms with Crippen molar-refractivity contribution < 1.29 is 22.7 Å². The van der Waals surface area contributed by atoms with Crippen LogP contribution in [0.2, 0.25) is 0 Å². The van der Waals surface area contributed by atoms with E-state index in [9.17, 15) is 13.2 Å². The fourth-order valence-corrected chi connectivity index (χ4v) is 5.85. The molecule has 178 valence electrons. The van der Waals surface area contributed by atoms with E-state index in [0.29, 0.717) is 57.2 Å². The molecular weight excluding hydrogens is 440 g/mol. The number of carbonyl (C=O) groups excluding carboxylic acids is 1. The third kappa shape index (κ3) is 5.17. The summed E-state index contributed by atoms with van der Waals surface area (Å²) in [4.78, 5) is 15.6. The van der Waals surface area contributed by atoms with Gasteiger partial charge in [-0.05, 0) is 43.9 Å². The molecule has 0 bridgehead atoms. The van der Waals surface area contributed by atoms with Crippen LogP contribution in [0.3, 0.4) is 0 Å². The average molecular weight is 473 g/mol. The number of ether oxygens (including phenoxy) is 2. The van der Waals surface area contributed by atoms with Gasteiger partial charge >= 0.3 is 0 Å². The Morgan fingerprint density at radius 3 is 2.39 bits per heavy atom. The summed E-state index contributed by atoms with van der Waals surface area (Å²) in [7, 11) is -3.66. The molecule has 2 heterocycles. The topological polar surface area (TPSA) is 76.2 Å². The Hall–Kier alpha value is -2.58. The first-order chi connectivity index (χ1) is 15.9. The molecular formula is C25H32N2O5S. The van der Waals surface area contributed by atoms with E-state index in [-0.39, 0.29) is 22.8 Å². The van der Waals surface area contributed by atoms with Gasteiger partial charge in [0.1, 0.15) is 13.2 Å². The summed E-state index contributed by atoms with van der Waals surface area (Å²) in [5.41, 5.74) is 1.10. The minimum Gasteiger partial charge on any atom is -0.486 e. The zero-order valence-electron chi connectivity index (χ0n) is 19.3. The van der Waals surface area contributed by atoms with E-state index in [2.05, 4.69) is 13.8 Å². The van der Waals surface area contributed by atoms with Gasteiger partial charge in [-0.2, -0.15) is 4.31 Å². The summed E-state index contributed by atoms with van der Waals surface area (Å²) in [5, 5.41) is 0. The average Bonchev–Trinajstić information content (AvgIpc) is 2.86. The molecule has 2 aromatic carbocycles. The van der Waals surface area contributed by atoms with Crippen molar-refractivity contribution in [2.45, 2.75) is 50.6 Å². The zero-order chi connectivity index (χ0) is 23.4. The van der Waals surface area contributed by atoms with Gasteiger partial charge in [0.05, 0.1) is 4.90 Å². The lowest BCUT2D eigenvalue weighted by Gasteiger charge is -2.36. The van der Waals surface area contributed by atoms with Crippen molar-refractivity contribution in [2.75, 3.05) is 26.3 Å². The summed E-state index contributed by atoms with van der Waals surface area (Å²) in [6.45, 7) is 6.24. The fourth-order valence-electron chi connectivity index (χ4n) is 4.36. The van der Waals surface area contributed by atoms with Crippen molar-refractivity contribution in [3.63, 3.8) is 0 Å². The number of sulfonamides is 1. The molecule has 7 nitrogen and oxygen atoms in total. The van der Waals surface area contributed by atoms with Crippen molar-refractivity contribution in [3.8, 4) is 11.5 Å². The van der Waals surface area contributed by atoms with E-state index in [1.807, 2.05) is 35.2 Å². The molecule has 1 amide bonds. The van der Waals surface area contributed by atoms with Crippen LogP contribution in [0.5, 0.6) is 11.5 Å². The second-order valence-corrected chi connectivity index (χ2v) is 10.6. The Balaban J connectivity index is 1.43. The third-order valence-electron chi connectivity index (χ3n) is 6.56. The lowest BCUT2D eigenvalue weighted by molar-refractivity contribution is -0.139. The normalized spacial score (nSPS) is 18.0. The smallest absolute Gasteiger partial charge is 0.243 e. The number of benzene rings is 2. The van der Waals surface area contributed by atoms with Crippen LogP contribution in [0.25, 0.3) is 0 Å². The summed E-state index contributed by atoms with van der Waals surface area (Å²) in [6.07, 6.45) is 1.91. The molecule has 2 aliphatic rings. The van der Waals surface area contributed by atoms with Crippen molar-refractivity contribution >= 4 is 15.9 Å². The van der Waals surface area contributed by atoms with Gasteiger partial charge in [0.15, 0.2) is 11.5 Å². The Kier molecular flexibility index (Phi) is 7.24. The lowest BCUT2D eigenvalue weighted by Crippen LogP contribution is -2.46. The minimum absolute atomic E-state index is 0.115. The number of carbonyl (C=O) groups is 1. The molecule has 1 saturated heterocycles. The highest BCUT2D eigenvalue weighted by atomic mass is 32.2. The quantitative estimate of drug-likeness (QED) is 0.614. The van der Waals surface area contributed by atoms with Crippen LogP contribution in [-0.2, 0) is 21.4 Å². The molecule has 4 rings (SSSR count). The standard InChI is InChI=1S/C25H32N2O5S/c1-3-19(2)27(18-20-7-5-4-6-8-20)25(28)21-11-13-26(14-12-21)33(29,30)22-9-10-23-24(17-22)32-16-15-31-23/h4-10,17,19,21H,3,11-16,18H2,1-2H3/t19-/m1/s1.